The van der Waals surface area contributed by atoms with Crippen molar-refractivity contribution in [1.29, 1.82) is 0 Å². The maximum Gasteiger partial charge on any atom is 0.416 e. The number of hydrogen-bond donors (Lipinski definition) is 1. The van der Waals surface area contributed by atoms with Crippen molar-refractivity contribution in [2.75, 3.05) is 0 Å². The van der Waals surface area contributed by atoms with Gasteiger partial charge in [0.1, 0.15) is 0 Å². The number of aliphatic hydroxyl groups is 1. The van der Waals surface area contributed by atoms with Crippen molar-refractivity contribution in [1.82, 2.24) is 0 Å². The first kappa shape index (κ1) is 14.0. The summed E-state index contributed by atoms with van der Waals surface area (Å²) in [5.41, 5.74) is -0.954. The zero-order valence-electron chi connectivity index (χ0n) is 10.2. The van der Waals surface area contributed by atoms with Crippen LogP contribution in [0.25, 0.3) is 0 Å². The molecular weight excluding hydrogens is 229 g/mol. The summed E-state index contributed by atoms with van der Waals surface area (Å²) < 4.78 is 38.1. The Morgan fingerprint density at radius 1 is 1.12 bits per heavy atom. The summed E-state index contributed by atoms with van der Waals surface area (Å²) in [5, 5.41) is 9.86. The van der Waals surface area contributed by atoms with E-state index in [4.69, 9.17) is 0 Å². The number of aliphatic hydroxyl groups excluding tert-OH is 1. The molecule has 0 radical (unpaired) electrons. The van der Waals surface area contributed by atoms with Gasteiger partial charge in [-0.2, -0.15) is 13.2 Å². The molecule has 0 aliphatic rings. The average Bonchev–Trinajstić information content (AvgIpc) is 2.15. The van der Waals surface area contributed by atoms with Crippen molar-refractivity contribution in [2.24, 2.45) is 5.41 Å². The molecular formula is C13H17F3O. The first-order valence-corrected chi connectivity index (χ1v) is 5.45. The highest BCUT2D eigenvalue weighted by Crippen LogP contribution is 2.33. The van der Waals surface area contributed by atoms with E-state index in [0.29, 0.717) is 0 Å². The van der Waals surface area contributed by atoms with E-state index < -0.39 is 23.3 Å². The van der Waals surface area contributed by atoms with Crippen molar-refractivity contribution < 1.29 is 18.3 Å². The van der Waals surface area contributed by atoms with Crippen LogP contribution >= 0.6 is 0 Å². The van der Waals surface area contributed by atoms with Gasteiger partial charge in [0.05, 0.1) is 11.7 Å². The minimum Gasteiger partial charge on any atom is -0.392 e. The van der Waals surface area contributed by atoms with Crippen LogP contribution in [0.2, 0.25) is 0 Å². The van der Waals surface area contributed by atoms with E-state index in [0.717, 1.165) is 6.07 Å². The van der Waals surface area contributed by atoms with E-state index in [1.165, 1.54) is 12.1 Å². The van der Waals surface area contributed by atoms with Crippen LogP contribution < -0.4 is 0 Å². The Morgan fingerprint density at radius 2 is 1.65 bits per heavy atom. The Balaban J connectivity index is 3.00. The highest BCUT2D eigenvalue weighted by Gasteiger charge is 2.34. The summed E-state index contributed by atoms with van der Waals surface area (Å²) in [6, 6.07) is 5.37. The second kappa shape index (κ2) is 4.69. The van der Waals surface area contributed by atoms with Gasteiger partial charge in [0.25, 0.3) is 0 Å². The van der Waals surface area contributed by atoms with Crippen LogP contribution in [0, 0.1) is 5.41 Å². The topological polar surface area (TPSA) is 20.2 Å². The summed E-state index contributed by atoms with van der Waals surface area (Å²) in [7, 11) is 0. The normalized spacial score (nSPS) is 14.8. The highest BCUT2D eigenvalue weighted by atomic mass is 19.4. The van der Waals surface area contributed by atoms with Gasteiger partial charge in [-0.25, -0.2) is 0 Å². The van der Waals surface area contributed by atoms with Crippen LogP contribution in [0.5, 0.6) is 0 Å². The molecule has 0 amide bonds. The zero-order chi connectivity index (χ0) is 13.3. The van der Waals surface area contributed by atoms with Gasteiger partial charge in [0, 0.05) is 0 Å². The minimum absolute atomic E-state index is 0.0131. The van der Waals surface area contributed by atoms with Crippen molar-refractivity contribution in [3.8, 4) is 0 Å². The summed E-state index contributed by atoms with van der Waals surface area (Å²) in [4.78, 5) is 0. The molecule has 1 rings (SSSR count). The van der Waals surface area contributed by atoms with Crippen molar-refractivity contribution in [3.05, 3.63) is 35.4 Å². The third kappa shape index (κ3) is 3.73. The Hall–Kier alpha value is -1.03. The predicted octanol–water partition coefficient (Wildman–Crippen LogP) is 3.65. The fourth-order valence-electron chi connectivity index (χ4n) is 1.49. The molecule has 0 aromatic heterocycles. The molecule has 1 N–H and O–H groups in total. The maximum atomic E-state index is 12.7. The third-order valence-electron chi connectivity index (χ3n) is 2.74. The molecule has 0 saturated heterocycles. The molecule has 4 heteroatoms. The van der Waals surface area contributed by atoms with Crippen LogP contribution in [0.4, 0.5) is 13.2 Å². The number of hydrogen-bond acceptors (Lipinski definition) is 1. The van der Waals surface area contributed by atoms with Crippen LogP contribution in [0.1, 0.15) is 31.9 Å². The van der Waals surface area contributed by atoms with Gasteiger partial charge in [0.15, 0.2) is 0 Å². The lowest BCUT2D eigenvalue weighted by atomic mass is 9.84. The van der Waals surface area contributed by atoms with Crippen molar-refractivity contribution in [2.45, 2.75) is 39.5 Å². The lowest BCUT2D eigenvalue weighted by molar-refractivity contribution is -0.138. The number of rotatable bonds is 2. The SMILES string of the molecule is CC(C)(C)[C@H](O)Cc1ccccc1C(F)(F)F. The smallest absolute Gasteiger partial charge is 0.392 e. The lowest BCUT2D eigenvalue weighted by Crippen LogP contribution is -2.29. The molecule has 1 aromatic carbocycles. The van der Waals surface area contributed by atoms with Gasteiger partial charge in [0.2, 0.25) is 0 Å². The predicted molar refractivity (Wildman–Crippen MR) is 60.6 cm³/mol. The quantitative estimate of drug-likeness (QED) is 0.844. The molecule has 1 atom stereocenters. The van der Waals surface area contributed by atoms with Gasteiger partial charge < -0.3 is 5.11 Å². The van der Waals surface area contributed by atoms with Gasteiger partial charge in [-0.1, -0.05) is 39.0 Å². The second-order valence-electron chi connectivity index (χ2n) is 5.24. The number of benzene rings is 1. The molecule has 0 bridgehead atoms. The Morgan fingerprint density at radius 3 is 2.12 bits per heavy atom. The summed E-state index contributed by atoms with van der Waals surface area (Å²) >= 11 is 0. The molecule has 0 unspecified atom stereocenters. The van der Waals surface area contributed by atoms with Gasteiger partial charge in [-0.05, 0) is 23.5 Å². The molecule has 96 valence electrons. The number of halogens is 3. The first-order valence-electron chi connectivity index (χ1n) is 5.45. The fourth-order valence-corrected chi connectivity index (χ4v) is 1.49. The second-order valence-corrected chi connectivity index (χ2v) is 5.24. The maximum absolute atomic E-state index is 12.7. The Labute approximate surface area is 99.3 Å². The monoisotopic (exact) mass is 246 g/mol. The average molecular weight is 246 g/mol. The molecule has 0 heterocycles. The summed E-state index contributed by atoms with van der Waals surface area (Å²) in [5.74, 6) is 0. The van der Waals surface area contributed by atoms with Crippen LogP contribution in [-0.4, -0.2) is 11.2 Å². The third-order valence-corrected chi connectivity index (χ3v) is 2.74. The first-order chi connectivity index (χ1) is 7.62. The van der Waals surface area contributed by atoms with Crippen LogP contribution in [0.15, 0.2) is 24.3 Å². The van der Waals surface area contributed by atoms with E-state index in [2.05, 4.69) is 0 Å². The summed E-state index contributed by atoms with van der Waals surface area (Å²) in [6.07, 6.45) is -5.15. The van der Waals surface area contributed by atoms with Crippen molar-refractivity contribution in [3.63, 3.8) is 0 Å². The van der Waals surface area contributed by atoms with Crippen LogP contribution in [0.3, 0.4) is 0 Å². The largest absolute Gasteiger partial charge is 0.416 e. The Kier molecular flexibility index (Phi) is 3.87. The highest BCUT2D eigenvalue weighted by molar-refractivity contribution is 5.30. The molecule has 1 aromatic rings. The zero-order valence-corrected chi connectivity index (χ0v) is 10.2. The minimum atomic E-state index is -4.37. The van der Waals surface area contributed by atoms with E-state index in [-0.39, 0.29) is 12.0 Å². The van der Waals surface area contributed by atoms with Crippen LogP contribution in [-0.2, 0) is 12.6 Å². The van der Waals surface area contributed by atoms with Gasteiger partial charge >= 0.3 is 6.18 Å². The van der Waals surface area contributed by atoms with E-state index in [9.17, 15) is 18.3 Å². The number of alkyl halides is 3. The molecule has 1 nitrogen and oxygen atoms in total. The van der Waals surface area contributed by atoms with Gasteiger partial charge in [-0.15, -0.1) is 0 Å². The van der Waals surface area contributed by atoms with E-state index in [1.807, 2.05) is 0 Å². The van der Waals surface area contributed by atoms with Crippen molar-refractivity contribution >= 4 is 0 Å². The van der Waals surface area contributed by atoms with E-state index >= 15 is 0 Å². The molecule has 0 aliphatic heterocycles. The molecule has 0 fully saturated rings. The summed E-state index contributed by atoms with van der Waals surface area (Å²) in [6.45, 7) is 5.40. The van der Waals surface area contributed by atoms with Gasteiger partial charge in [-0.3, -0.25) is 0 Å². The molecule has 0 spiro atoms. The van der Waals surface area contributed by atoms with E-state index in [1.54, 1.807) is 26.8 Å². The molecule has 17 heavy (non-hydrogen) atoms. The standard InChI is InChI=1S/C13H17F3O/c1-12(2,3)11(17)8-9-6-4-5-7-10(9)13(14,15)16/h4-7,11,17H,8H2,1-3H3/t11-/m1/s1. The Bertz CT molecular complexity index is 377. The molecule has 0 saturated carbocycles. The molecule has 0 aliphatic carbocycles. The lowest BCUT2D eigenvalue weighted by Gasteiger charge is -2.26. The fraction of sp³-hybridized carbons (Fsp3) is 0.538.